The molecule has 0 saturated carbocycles. The van der Waals surface area contributed by atoms with Crippen molar-refractivity contribution in [3.05, 3.63) is 23.8 Å². The van der Waals surface area contributed by atoms with E-state index in [0.29, 0.717) is 0 Å². The van der Waals surface area contributed by atoms with Crippen molar-refractivity contribution >= 4 is 5.69 Å². The summed E-state index contributed by atoms with van der Waals surface area (Å²) in [5, 5.41) is 9.20. The fourth-order valence-corrected chi connectivity index (χ4v) is 2.35. The molecule has 0 N–H and O–H groups in total. The summed E-state index contributed by atoms with van der Waals surface area (Å²) in [5.41, 5.74) is 1.77. The number of ether oxygens (including phenoxy) is 1. The maximum atomic E-state index is 9.20. The topological polar surface area (TPSA) is 36.3 Å². The molecule has 3 nitrogen and oxygen atoms in total. The van der Waals surface area contributed by atoms with Gasteiger partial charge in [-0.2, -0.15) is 5.26 Å². The van der Waals surface area contributed by atoms with E-state index in [-0.39, 0.29) is 6.10 Å². The van der Waals surface area contributed by atoms with Crippen molar-refractivity contribution in [2.24, 2.45) is 0 Å². The van der Waals surface area contributed by atoms with Crippen molar-refractivity contribution in [2.75, 3.05) is 18.0 Å². The van der Waals surface area contributed by atoms with Gasteiger partial charge in [-0.05, 0) is 45.2 Å². The number of hydrogen-bond donors (Lipinski definition) is 0. The molecule has 1 aliphatic rings. The Morgan fingerprint density at radius 3 is 2.56 bits per heavy atom. The van der Waals surface area contributed by atoms with Gasteiger partial charge >= 0.3 is 0 Å². The lowest BCUT2D eigenvalue weighted by Crippen LogP contribution is -2.30. The van der Waals surface area contributed by atoms with Crippen LogP contribution in [0.2, 0.25) is 0 Å². The van der Waals surface area contributed by atoms with Crippen LogP contribution in [-0.2, 0) is 0 Å². The van der Waals surface area contributed by atoms with Crippen LogP contribution in [0.1, 0.15) is 38.7 Å². The molecule has 18 heavy (non-hydrogen) atoms. The van der Waals surface area contributed by atoms with Crippen molar-refractivity contribution in [2.45, 2.75) is 39.2 Å². The predicted molar refractivity (Wildman–Crippen MR) is 73.0 cm³/mol. The second-order valence-electron chi connectivity index (χ2n) is 5.01. The first-order chi connectivity index (χ1) is 8.70. The predicted octanol–water partition coefficient (Wildman–Crippen LogP) is 3.34. The van der Waals surface area contributed by atoms with E-state index in [1.165, 1.54) is 19.3 Å². The first kappa shape index (κ1) is 12.8. The van der Waals surface area contributed by atoms with Gasteiger partial charge in [-0.3, -0.25) is 0 Å². The molecular formula is C15H20N2O. The molecular weight excluding hydrogens is 224 g/mol. The van der Waals surface area contributed by atoms with E-state index in [4.69, 9.17) is 4.74 Å². The molecule has 0 spiro atoms. The Balaban J connectivity index is 2.27. The van der Waals surface area contributed by atoms with Crippen LogP contribution >= 0.6 is 0 Å². The van der Waals surface area contributed by atoms with E-state index in [1.54, 1.807) is 0 Å². The van der Waals surface area contributed by atoms with Gasteiger partial charge in [-0.15, -0.1) is 0 Å². The minimum absolute atomic E-state index is 0.159. The Labute approximate surface area is 109 Å². The van der Waals surface area contributed by atoms with E-state index < -0.39 is 0 Å². The van der Waals surface area contributed by atoms with Crippen molar-refractivity contribution in [1.82, 2.24) is 0 Å². The Bertz CT molecular complexity index is 442. The Morgan fingerprint density at radius 1 is 1.22 bits per heavy atom. The van der Waals surface area contributed by atoms with E-state index >= 15 is 0 Å². The highest BCUT2D eigenvalue weighted by molar-refractivity contribution is 5.62. The second-order valence-corrected chi connectivity index (χ2v) is 5.01. The molecule has 0 bridgehead atoms. The van der Waals surface area contributed by atoms with Crippen molar-refractivity contribution in [3.63, 3.8) is 0 Å². The summed E-state index contributed by atoms with van der Waals surface area (Å²) in [5.74, 6) is 0.851. The summed E-state index contributed by atoms with van der Waals surface area (Å²) >= 11 is 0. The zero-order valence-electron chi connectivity index (χ0n) is 11.1. The summed E-state index contributed by atoms with van der Waals surface area (Å²) in [6.07, 6.45) is 3.87. The van der Waals surface area contributed by atoms with Crippen molar-refractivity contribution < 1.29 is 4.74 Å². The molecule has 0 radical (unpaired) electrons. The average molecular weight is 244 g/mol. The Kier molecular flexibility index (Phi) is 4.09. The molecule has 1 heterocycles. The van der Waals surface area contributed by atoms with E-state index in [0.717, 1.165) is 30.1 Å². The fraction of sp³-hybridized carbons (Fsp3) is 0.533. The molecule has 1 fully saturated rings. The van der Waals surface area contributed by atoms with Crippen molar-refractivity contribution in [1.29, 1.82) is 5.26 Å². The zero-order chi connectivity index (χ0) is 13.0. The highest BCUT2D eigenvalue weighted by Gasteiger charge is 2.15. The van der Waals surface area contributed by atoms with Gasteiger partial charge in [0.2, 0.25) is 0 Å². The van der Waals surface area contributed by atoms with Gasteiger partial charge in [0.1, 0.15) is 11.8 Å². The molecule has 1 aromatic rings. The highest BCUT2D eigenvalue weighted by Crippen LogP contribution is 2.28. The molecule has 3 heteroatoms. The first-order valence-electron chi connectivity index (χ1n) is 6.66. The van der Waals surface area contributed by atoms with Crippen LogP contribution in [0.4, 0.5) is 5.69 Å². The second kappa shape index (κ2) is 5.77. The van der Waals surface area contributed by atoms with Crippen LogP contribution in [0, 0.1) is 11.3 Å². The van der Waals surface area contributed by atoms with E-state index in [2.05, 4.69) is 11.0 Å². The monoisotopic (exact) mass is 244 g/mol. The maximum absolute atomic E-state index is 9.20. The Morgan fingerprint density at radius 2 is 1.94 bits per heavy atom. The van der Waals surface area contributed by atoms with Gasteiger partial charge in [0, 0.05) is 19.2 Å². The third kappa shape index (κ3) is 2.95. The quantitative estimate of drug-likeness (QED) is 0.818. The van der Waals surface area contributed by atoms with Crippen LogP contribution < -0.4 is 9.64 Å². The minimum atomic E-state index is 0.159. The van der Waals surface area contributed by atoms with Crippen LogP contribution in [0.3, 0.4) is 0 Å². The van der Waals surface area contributed by atoms with Gasteiger partial charge < -0.3 is 9.64 Å². The number of anilines is 1. The van der Waals surface area contributed by atoms with Crippen LogP contribution in [-0.4, -0.2) is 19.2 Å². The van der Waals surface area contributed by atoms with E-state index in [9.17, 15) is 5.26 Å². The van der Waals surface area contributed by atoms with E-state index in [1.807, 2.05) is 32.0 Å². The third-order valence-electron chi connectivity index (χ3n) is 3.16. The first-order valence-corrected chi connectivity index (χ1v) is 6.66. The summed E-state index contributed by atoms with van der Waals surface area (Å²) < 4.78 is 5.71. The minimum Gasteiger partial charge on any atom is -0.491 e. The van der Waals surface area contributed by atoms with Gasteiger partial charge in [-0.1, -0.05) is 0 Å². The number of hydrogen-bond acceptors (Lipinski definition) is 3. The van der Waals surface area contributed by atoms with Gasteiger partial charge in [-0.25, -0.2) is 0 Å². The molecule has 1 saturated heterocycles. The maximum Gasteiger partial charge on any atom is 0.121 e. The molecule has 0 aromatic heterocycles. The number of benzene rings is 1. The number of nitrogens with zero attached hydrogens (tertiary/aromatic N) is 2. The third-order valence-corrected chi connectivity index (χ3v) is 3.16. The van der Waals surface area contributed by atoms with Crippen LogP contribution in [0.25, 0.3) is 0 Å². The van der Waals surface area contributed by atoms with Gasteiger partial charge in [0.15, 0.2) is 0 Å². The summed E-state index contributed by atoms with van der Waals surface area (Å²) in [6, 6.07) is 8.02. The smallest absolute Gasteiger partial charge is 0.121 e. The lowest BCUT2D eigenvalue weighted by molar-refractivity contribution is 0.242. The number of nitriles is 1. The molecule has 0 aliphatic carbocycles. The molecule has 96 valence electrons. The fourth-order valence-electron chi connectivity index (χ4n) is 2.35. The standard InChI is InChI=1S/C15H20N2O/c1-12(2)18-14-7-6-13(11-16)15(10-14)17-8-4-3-5-9-17/h6-7,10,12H,3-5,8-9H2,1-2H3. The molecule has 2 rings (SSSR count). The van der Waals surface area contributed by atoms with Crippen molar-refractivity contribution in [3.8, 4) is 11.8 Å². The number of piperidine rings is 1. The summed E-state index contributed by atoms with van der Waals surface area (Å²) in [4.78, 5) is 2.30. The SMILES string of the molecule is CC(C)Oc1ccc(C#N)c(N2CCCCC2)c1. The summed E-state index contributed by atoms with van der Waals surface area (Å²) in [6.45, 7) is 6.11. The molecule has 0 amide bonds. The highest BCUT2D eigenvalue weighted by atomic mass is 16.5. The molecule has 1 aromatic carbocycles. The lowest BCUT2D eigenvalue weighted by atomic mass is 10.1. The average Bonchev–Trinajstić information content (AvgIpc) is 2.39. The largest absolute Gasteiger partial charge is 0.491 e. The van der Waals surface area contributed by atoms with Gasteiger partial charge in [0.05, 0.1) is 17.4 Å². The van der Waals surface area contributed by atoms with Crippen LogP contribution in [0.5, 0.6) is 5.75 Å². The van der Waals surface area contributed by atoms with Crippen LogP contribution in [0.15, 0.2) is 18.2 Å². The Hall–Kier alpha value is -1.69. The summed E-state index contributed by atoms with van der Waals surface area (Å²) in [7, 11) is 0. The molecule has 0 unspecified atom stereocenters. The number of rotatable bonds is 3. The zero-order valence-corrected chi connectivity index (χ0v) is 11.1. The molecule has 1 aliphatic heterocycles. The normalized spacial score (nSPS) is 15.6. The molecule has 0 atom stereocenters. The lowest BCUT2D eigenvalue weighted by Gasteiger charge is -2.29. The van der Waals surface area contributed by atoms with Gasteiger partial charge in [0.25, 0.3) is 0 Å².